The molecule has 7 nitrogen and oxygen atoms in total. The molecule has 1 aromatic rings. The maximum Gasteiger partial charge on any atom is 0.353 e. The highest BCUT2D eigenvalue weighted by Gasteiger charge is 2.52. The van der Waals surface area contributed by atoms with Gasteiger partial charge in [-0.1, -0.05) is 17.8 Å². The normalized spacial score (nSPS) is 27.4. The van der Waals surface area contributed by atoms with Crippen molar-refractivity contribution in [3.8, 4) is 0 Å². The number of carboxylic acid groups (broad SMARTS) is 1. The number of fused-ring (bicyclic) bond motifs is 1. The molecule has 3 aliphatic heterocycles. The van der Waals surface area contributed by atoms with Crippen LogP contribution >= 0.6 is 34.9 Å². The molecule has 3 aliphatic rings. The number of nitrogens with zero attached hydrogens (tertiary/aromatic N) is 3. The highest BCUT2D eigenvalue weighted by molar-refractivity contribution is 8.07. The number of thiazole rings is 1. The minimum atomic E-state index is -1.10. The van der Waals surface area contributed by atoms with E-state index in [0.717, 1.165) is 15.6 Å². The van der Waals surface area contributed by atoms with Gasteiger partial charge in [0.1, 0.15) is 17.1 Å². The van der Waals surface area contributed by atoms with Crippen molar-refractivity contribution in [2.24, 2.45) is 5.73 Å². The standard InChI is InChI=1S/C17H18N4O3S3/c1-8-5-9(3-4-20(8)2)10-6-26-17(19-10)27-11-7-25-15-12(18)14(22)21(15)13(11)16(23)24/h3-6,8,12,15H,7,18H2,1-2H3,(H,23,24). The van der Waals surface area contributed by atoms with E-state index in [0.29, 0.717) is 10.7 Å². The summed E-state index contributed by atoms with van der Waals surface area (Å²) in [6.07, 6.45) is 6.19. The molecule has 3 unspecified atom stereocenters. The second-order valence-corrected chi connectivity index (χ2v) is 9.76. The minimum Gasteiger partial charge on any atom is -0.477 e. The van der Waals surface area contributed by atoms with E-state index in [1.54, 1.807) is 0 Å². The van der Waals surface area contributed by atoms with Crippen molar-refractivity contribution in [3.63, 3.8) is 0 Å². The molecule has 3 atom stereocenters. The Morgan fingerprint density at radius 1 is 1.48 bits per heavy atom. The molecule has 1 saturated heterocycles. The van der Waals surface area contributed by atoms with Gasteiger partial charge in [-0.15, -0.1) is 23.1 Å². The van der Waals surface area contributed by atoms with Gasteiger partial charge >= 0.3 is 5.97 Å². The predicted octanol–water partition coefficient (Wildman–Crippen LogP) is 2.00. The fourth-order valence-corrected chi connectivity index (χ4v) is 6.45. The lowest BCUT2D eigenvalue weighted by atomic mass is 10.1. The number of β-lactam (4-membered cyclic amide) rings is 1. The topological polar surface area (TPSA) is 99.8 Å². The van der Waals surface area contributed by atoms with E-state index >= 15 is 0 Å². The van der Waals surface area contributed by atoms with Crippen LogP contribution in [0, 0.1) is 0 Å². The summed E-state index contributed by atoms with van der Waals surface area (Å²) in [5.41, 5.74) is 7.75. The van der Waals surface area contributed by atoms with Crippen molar-refractivity contribution in [1.82, 2.24) is 14.8 Å². The number of amides is 1. The van der Waals surface area contributed by atoms with E-state index in [-0.39, 0.29) is 23.0 Å². The van der Waals surface area contributed by atoms with Crippen molar-refractivity contribution in [1.29, 1.82) is 0 Å². The summed E-state index contributed by atoms with van der Waals surface area (Å²) in [4.78, 5) is 32.5. The number of hydrogen-bond acceptors (Lipinski definition) is 8. The lowest BCUT2D eigenvalue weighted by molar-refractivity contribution is -0.147. The molecule has 0 spiro atoms. The molecule has 0 saturated carbocycles. The molecule has 1 fully saturated rings. The average Bonchev–Trinajstić information content (AvgIpc) is 3.11. The zero-order chi connectivity index (χ0) is 19.3. The molecule has 27 heavy (non-hydrogen) atoms. The number of aliphatic carboxylic acids is 1. The first-order valence-corrected chi connectivity index (χ1v) is 11.0. The number of carbonyl (C=O) groups excluding carboxylic acids is 1. The Bertz CT molecular complexity index is 907. The number of carbonyl (C=O) groups is 2. The lowest BCUT2D eigenvalue weighted by Gasteiger charge is -2.47. The predicted molar refractivity (Wildman–Crippen MR) is 108 cm³/mol. The van der Waals surface area contributed by atoms with Crippen LogP contribution in [0.1, 0.15) is 12.6 Å². The summed E-state index contributed by atoms with van der Waals surface area (Å²) in [5.74, 6) is -0.930. The van der Waals surface area contributed by atoms with Crippen LogP contribution in [0.15, 0.2) is 38.7 Å². The van der Waals surface area contributed by atoms with Crippen LogP contribution in [0.3, 0.4) is 0 Å². The molecule has 10 heteroatoms. The molecule has 4 heterocycles. The summed E-state index contributed by atoms with van der Waals surface area (Å²) in [6.45, 7) is 2.11. The van der Waals surface area contributed by atoms with Crippen LogP contribution in [0.2, 0.25) is 0 Å². The van der Waals surface area contributed by atoms with E-state index < -0.39 is 12.0 Å². The smallest absolute Gasteiger partial charge is 0.353 e. The largest absolute Gasteiger partial charge is 0.477 e. The fourth-order valence-electron chi connectivity index (χ4n) is 3.05. The van der Waals surface area contributed by atoms with Crippen molar-refractivity contribution in [3.05, 3.63) is 40.0 Å². The molecule has 3 N–H and O–H groups in total. The number of carboxylic acids is 1. The average molecular weight is 423 g/mol. The summed E-state index contributed by atoms with van der Waals surface area (Å²) in [7, 11) is 2.02. The van der Waals surface area contributed by atoms with Gasteiger partial charge in [0.05, 0.1) is 5.69 Å². The Hall–Kier alpha value is -1.75. The number of thioether (sulfide) groups is 2. The second-order valence-electron chi connectivity index (χ2n) is 6.46. The van der Waals surface area contributed by atoms with Gasteiger partial charge in [0.2, 0.25) is 5.91 Å². The first kappa shape index (κ1) is 18.6. The maximum absolute atomic E-state index is 12.0. The second kappa shape index (κ2) is 7.01. The van der Waals surface area contributed by atoms with Gasteiger partial charge in [0, 0.05) is 34.7 Å². The third-order valence-electron chi connectivity index (χ3n) is 4.72. The number of aromatic nitrogens is 1. The summed E-state index contributed by atoms with van der Waals surface area (Å²) < 4.78 is 0.760. The van der Waals surface area contributed by atoms with E-state index in [9.17, 15) is 14.7 Å². The van der Waals surface area contributed by atoms with Crippen molar-refractivity contribution in [2.75, 3.05) is 12.8 Å². The molecule has 0 aromatic carbocycles. The Morgan fingerprint density at radius 3 is 2.96 bits per heavy atom. The highest BCUT2D eigenvalue weighted by Crippen LogP contribution is 2.45. The van der Waals surface area contributed by atoms with Gasteiger partial charge in [0.25, 0.3) is 0 Å². The quantitative estimate of drug-likeness (QED) is 0.711. The van der Waals surface area contributed by atoms with Gasteiger partial charge in [0.15, 0.2) is 4.34 Å². The van der Waals surface area contributed by atoms with E-state index in [1.165, 1.54) is 39.8 Å². The van der Waals surface area contributed by atoms with Crippen LogP contribution in [0.4, 0.5) is 0 Å². The molecule has 1 aromatic heterocycles. The third kappa shape index (κ3) is 3.20. The Balaban J connectivity index is 1.58. The summed E-state index contributed by atoms with van der Waals surface area (Å²) in [6, 6.07) is -0.329. The third-order valence-corrected chi connectivity index (χ3v) is 8.23. The molecule has 0 bridgehead atoms. The SMILES string of the molecule is CC1C=C(c2csc(SC3=C(C(=O)O)N4C(=O)C(N)C4SC3)n2)C=CN1C. The lowest BCUT2D eigenvalue weighted by Crippen LogP contribution is -2.68. The molecular formula is C17H18N4O3S3. The van der Waals surface area contributed by atoms with Crippen molar-refractivity contribution in [2.45, 2.75) is 28.7 Å². The molecule has 1 amide bonds. The monoisotopic (exact) mass is 422 g/mol. The molecular weight excluding hydrogens is 404 g/mol. The molecule has 0 radical (unpaired) electrons. The number of nitrogens with two attached hydrogens (primary N) is 1. The number of allylic oxidation sites excluding steroid dienone is 2. The van der Waals surface area contributed by atoms with Gasteiger partial charge in [-0.25, -0.2) is 9.78 Å². The number of hydrogen-bond donors (Lipinski definition) is 2. The Labute approximate surface area is 169 Å². The fraction of sp³-hybridized carbons (Fsp3) is 0.353. The number of likely N-dealkylation sites (N-methyl/N-ethyl adjacent to an activating group) is 1. The number of rotatable bonds is 4. The summed E-state index contributed by atoms with van der Waals surface area (Å²) in [5, 5.41) is 11.3. The zero-order valence-corrected chi connectivity index (χ0v) is 17.1. The zero-order valence-electron chi connectivity index (χ0n) is 14.7. The minimum absolute atomic E-state index is 0.0409. The Morgan fingerprint density at radius 2 is 2.26 bits per heavy atom. The maximum atomic E-state index is 12.0. The van der Waals surface area contributed by atoms with Gasteiger partial charge in [-0.2, -0.15) is 0 Å². The van der Waals surface area contributed by atoms with Gasteiger partial charge in [-0.05, 0) is 19.2 Å². The van der Waals surface area contributed by atoms with Gasteiger partial charge < -0.3 is 15.7 Å². The van der Waals surface area contributed by atoms with Crippen molar-refractivity contribution < 1.29 is 14.7 Å². The molecule has 4 rings (SSSR count). The van der Waals surface area contributed by atoms with Crippen LogP contribution in [-0.4, -0.2) is 62.0 Å². The van der Waals surface area contributed by atoms with E-state index in [1.807, 2.05) is 24.7 Å². The van der Waals surface area contributed by atoms with Crippen LogP contribution in [0.5, 0.6) is 0 Å². The van der Waals surface area contributed by atoms with Crippen LogP contribution in [-0.2, 0) is 9.59 Å². The summed E-state index contributed by atoms with van der Waals surface area (Å²) >= 11 is 4.29. The Kier molecular flexibility index (Phi) is 4.83. The van der Waals surface area contributed by atoms with Gasteiger partial charge in [-0.3, -0.25) is 9.69 Å². The molecule has 142 valence electrons. The van der Waals surface area contributed by atoms with E-state index in [2.05, 4.69) is 22.9 Å². The van der Waals surface area contributed by atoms with Crippen LogP contribution < -0.4 is 5.73 Å². The van der Waals surface area contributed by atoms with Crippen molar-refractivity contribution >= 4 is 52.3 Å². The van der Waals surface area contributed by atoms with Crippen LogP contribution in [0.25, 0.3) is 5.57 Å². The first-order chi connectivity index (χ1) is 12.9. The van der Waals surface area contributed by atoms with E-state index in [4.69, 9.17) is 5.73 Å². The first-order valence-electron chi connectivity index (χ1n) is 8.29. The molecule has 0 aliphatic carbocycles. The highest BCUT2D eigenvalue weighted by atomic mass is 32.2.